The van der Waals surface area contributed by atoms with Gasteiger partial charge in [0, 0.05) is 12.0 Å². The van der Waals surface area contributed by atoms with E-state index in [2.05, 4.69) is 9.68 Å². The molecular weight excluding hydrogens is 146 g/mol. The third-order valence-corrected chi connectivity index (χ3v) is 1.95. The van der Waals surface area contributed by atoms with Crippen LogP contribution in [0.1, 0.15) is 18.0 Å². The molecule has 0 amide bonds. The third-order valence-electron chi connectivity index (χ3n) is 1.95. The number of hydrogen-bond donors (Lipinski definition) is 1. The Morgan fingerprint density at radius 3 is 3.09 bits per heavy atom. The predicted molar refractivity (Wildman–Crippen MR) is 35.0 cm³/mol. The van der Waals surface area contributed by atoms with Crippen LogP contribution in [0.3, 0.4) is 0 Å². The number of aliphatic carboxylic acids is 1. The first-order chi connectivity index (χ1) is 5.29. The van der Waals surface area contributed by atoms with Crippen LogP contribution in [-0.4, -0.2) is 16.2 Å². The molecule has 1 aromatic heterocycles. The van der Waals surface area contributed by atoms with Crippen LogP contribution in [0, 0.1) is 5.92 Å². The largest absolute Gasteiger partial charge is 0.481 e. The smallest absolute Gasteiger partial charge is 0.307 e. The summed E-state index contributed by atoms with van der Waals surface area (Å²) in [5, 5.41) is 12.2. The van der Waals surface area contributed by atoms with Crippen LogP contribution in [0.25, 0.3) is 0 Å². The summed E-state index contributed by atoms with van der Waals surface area (Å²) in [6.45, 7) is 0. The lowest BCUT2D eigenvalue weighted by Gasteiger charge is -1.86. The summed E-state index contributed by atoms with van der Waals surface area (Å²) >= 11 is 0. The lowest BCUT2D eigenvalue weighted by atomic mass is 10.2. The minimum atomic E-state index is -0.738. The zero-order valence-corrected chi connectivity index (χ0v) is 5.73. The fraction of sp³-hybridized carbons (Fsp3) is 0.429. The molecule has 1 heterocycles. The highest BCUT2D eigenvalue weighted by atomic mass is 16.5. The van der Waals surface area contributed by atoms with Gasteiger partial charge in [0.1, 0.15) is 6.26 Å². The van der Waals surface area contributed by atoms with Gasteiger partial charge in [-0.25, -0.2) is 0 Å². The van der Waals surface area contributed by atoms with Crippen LogP contribution in [0.15, 0.2) is 16.9 Å². The predicted octanol–water partition coefficient (Wildman–Crippen LogP) is 0.863. The Labute approximate surface area is 62.8 Å². The molecule has 0 radical (unpaired) electrons. The van der Waals surface area contributed by atoms with E-state index in [4.69, 9.17) is 5.11 Å². The van der Waals surface area contributed by atoms with E-state index in [1.165, 1.54) is 6.26 Å². The summed E-state index contributed by atoms with van der Waals surface area (Å²) < 4.78 is 4.60. The number of aromatic nitrogens is 1. The van der Waals surface area contributed by atoms with Gasteiger partial charge in [0.15, 0.2) is 0 Å². The average Bonchev–Trinajstić information content (AvgIpc) is 2.60. The number of carboxylic acid groups (broad SMARTS) is 1. The van der Waals surface area contributed by atoms with Crippen LogP contribution >= 0.6 is 0 Å². The zero-order chi connectivity index (χ0) is 7.84. The van der Waals surface area contributed by atoms with E-state index in [9.17, 15) is 4.79 Å². The molecule has 1 aliphatic rings. The van der Waals surface area contributed by atoms with Gasteiger partial charge in [0.25, 0.3) is 0 Å². The Morgan fingerprint density at radius 2 is 2.64 bits per heavy atom. The van der Waals surface area contributed by atoms with Crippen LogP contribution in [0.2, 0.25) is 0 Å². The number of carboxylic acids is 1. The second-order valence-corrected chi connectivity index (χ2v) is 2.71. The fourth-order valence-corrected chi connectivity index (χ4v) is 1.21. The molecule has 58 valence electrons. The van der Waals surface area contributed by atoms with Crippen molar-refractivity contribution in [2.45, 2.75) is 12.3 Å². The molecule has 11 heavy (non-hydrogen) atoms. The Morgan fingerprint density at radius 1 is 1.82 bits per heavy atom. The van der Waals surface area contributed by atoms with Crippen LogP contribution < -0.4 is 0 Å². The lowest BCUT2D eigenvalue weighted by molar-refractivity contribution is -0.138. The van der Waals surface area contributed by atoms with Crippen molar-refractivity contribution in [1.29, 1.82) is 0 Å². The standard InChI is InChI=1S/C7H7NO3/c9-7(10)5-3-4(5)6-1-2-11-8-6/h1-2,4-5H,3H2,(H,9,10). The highest BCUT2D eigenvalue weighted by Crippen LogP contribution is 2.46. The molecule has 1 saturated carbocycles. The first kappa shape index (κ1) is 6.39. The molecule has 0 aromatic carbocycles. The van der Waals surface area contributed by atoms with E-state index in [1.807, 2.05) is 0 Å². The number of nitrogens with zero attached hydrogens (tertiary/aromatic N) is 1. The molecule has 0 aliphatic heterocycles. The number of carbonyl (C=O) groups is 1. The molecular formula is C7H7NO3. The van der Waals surface area contributed by atoms with Crippen LogP contribution in [-0.2, 0) is 4.79 Å². The Bertz CT molecular complexity index is 267. The quantitative estimate of drug-likeness (QED) is 0.684. The maximum Gasteiger partial charge on any atom is 0.307 e. The van der Waals surface area contributed by atoms with Gasteiger partial charge < -0.3 is 9.63 Å². The van der Waals surface area contributed by atoms with E-state index in [0.29, 0.717) is 6.42 Å². The summed E-state index contributed by atoms with van der Waals surface area (Å²) in [5.74, 6) is -0.885. The SMILES string of the molecule is O=C(O)C1CC1c1ccon1. The van der Waals surface area contributed by atoms with Gasteiger partial charge in [-0.2, -0.15) is 0 Å². The topological polar surface area (TPSA) is 63.3 Å². The van der Waals surface area contributed by atoms with Gasteiger partial charge >= 0.3 is 5.97 Å². The van der Waals surface area contributed by atoms with Gasteiger partial charge in [-0.3, -0.25) is 4.79 Å². The molecule has 4 nitrogen and oxygen atoms in total. The Balaban J connectivity index is 2.08. The van der Waals surface area contributed by atoms with Gasteiger partial charge in [0.05, 0.1) is 11.6 Å². The van der Waals surface area contributed by atoms with Crippen molar-refractivity contribution in [2.24, 2.45) is 5.92 Å². The van der Waals surface area contributed by atoms with Crippen molar-refractivity contribution in [2.75, 3.05) is 0 Å². The molecule has 2 unspecified atom stereocenters. The molecule has 0 spiro atoms. The molecule has 0 bridgehead atoms. The normalized spacial score (nSPS) is 28.4. The Kier molecular flexibility index (Phi) is 1.21. The fourth-order valence-electron chi connectivity index (χ4n) is 1.21. The van der Waals surface area contributed by atoms with E-state index in [0.717, 1.165) is 5.69 Å². The van der Waals surface area contributed by atoms with Crippen molar-refractivity contribution < 1.29 is 14.4 Å². The van der Waals surface area contributed by atoms with Crippen LogP contribution in [0.5, 0.6) is 0 Å². The van der Waals surface area contributed by atoms with Crippen molar-refractivity contribution in [3.8, 4) is 0 Å². The monoisotopic (exact) mass is 153 g/mol. The molecule has 2 rings (SSSR count). The number of rotatable bonds is 2. The third kappa shape index (κ3) is 1.00. The first-order valence-electron chi connectivity index (χ1n) is 3.42. The van der Waals surface area contributed by atoms with Crippen molar-refractivity contribution in [3.63, 3.8) is 0 Å². The van der Waals surface area contributed by atoms with Gasteiger partial charge in [-0.15, -0.1) is 0 Å². The second-order valence-electron chi connectivity index (χ2n) is 2.71. The van der Waals surface area contributed by atoms with Gasteiger partial charge in [-0.05, 0) is 6.42 Å². The van der Waals surface area contributed by atoms with Gasteiger partial charge in [-0.1, -0.05) is 5.16 Å². The first-order valence-corrected chi connectivity index (χ1v) is 3.42. The summed E-state index contributed by atoms with van der Waals surface area (Å²) in [7, 11) is 0. The molecule has 1 fully saturated rings. The average molecular weight is 153 g/mol. The molecule has 1 aromatic rings. The maximum atomic E-state index is 10.4. The summed E-state index contributed by atoms with van der Waals surface area (Å²) in [6.07, 6.45) is 2.16. The molecule has 1 aliphatic carbocycles. The minimum absolute atomic E-state index is 0.0891. The van der Waals surface area contributed by atoms with E-state index < -0.39 is 5.97 Å². The van der Waals surface area contributed by atoms with Crippen LogP contribution in [0.4, 0.5) is 0 Å². The summed E-state index contributed by atoms with van der Waals surface area (Å²) in [5.41, 5.74) is 0.761. The molecule has 1 N–H and O–H groups in total. The summed E-state index contributed by atoms with van der Waals surface area (Å²) in [4.78, 5) is 10.4. The highest BCUT2D eigenvalue weighted by molar-refractivity contribution is 5.74. The summed E-state index contributed by atoms with van der Waals surface area (Å²) in [6, 6.07) is 1.72. The number of hydrogen-bond acceptors (Lipinski definition) is 3. The minimum Gasteiger partial charge on any atom is -0.481 e. The van der Waals surface area contributed by atoms with Gasteiger partial charge in [0.2, 0.25) is 0 Å². The zero-order valence-electron chi connectivity index (χ0n) is 5.73. The van der Waals surface area contributed by atoms with Crippen molar-refractivity contribution >= 4 is 5.97 Å². The molecule has 2 atom stereocenters. The molecule has 4 heteroatoms. The van der Waals surface area contributed by atoms with Crippen molar-refractivity contribution in [1.82, 2.24) is 5.16 Å². The van der Waals surface area contributed by atoms with E-state index in [-0.39, 0.29) is 11.8 Å². The second kappa shape index (κ2) is 2.08. The highest BCUT2D eigenvalue weighted by Gasteiger charge is 2.45. The maximum absolute atomic E-state index is 10.4. The lowest BCUT2D eigenvalue weighted by Crippen LogP contribution is -1.98. The molecule has 0 saturated heterocycles. The van der Waals surface area contributed by atoms with E-state index in [1.54, 1.807) is 6.07 Å². The Hall–Kier alpha value is -1.32. The van der Waals surface area contributed by atoms with E-state index >= 15 is 0 Å². The van der Waals surface area contributed by atoms with Crippen molar-refractivity contribution in [3.05, 3.63) is 18.0 Å².